The van der Waals surface area contributed by atoms with Gasteiger partial charge in [0.05, 0.1) is 11.9 Å². The van der Waals surface area contributed by atoms with Crippen molar-refractivity contribution in [3.8, 4) is 0 Å². The molecule has 2 heterocycles. The maximum Gasteiger partial charge on any atom is 0.280 e. The van der Waals surface area contributed by atoms with E-state index in [4.69, 9.17) is 0 Å². The lowest BCUT2D eigenvalue weighted by Gasteiger charge is -2.06. The zero-order valence-corrected chi connectivity index (χ0v) is 12.5. The van der Waals surface area contributed by atoms with Crippen molar-refractivity contribution < 1.29 is 8.42 Å². The normalized spacial score (nSPS) is 15.4. The molecular formula is C11H15N5O2S2. The first-order chi connectivity index (χ1) is 9.54. The summed E-state index contributed by atoms with van der Waals surface area (Å²) >= 11 is 1.26. The molecular weight excluding hydrogens is 298 g/mol. The van der Waals surface area contributed by atoms with E-state index in [1.54, 1.807) is 5.38 Å². The van der Waals surface area contributed by atoms with Crippen LogP contribution in [0.1, 0.15) is 24.1 Å². The largest absolute Gasteiger partial charge is 0.310 e. The van der Waals surface area contributed by atoms with Gasteiger partial charge in [0.2, 0.25) is 0 Å². The minimum atomic E-state index is -3.67. The molecule has 20 heavy (non-hydrogen) atoms. The van der Waals surface area contributed by atoms with E-state index in [1.165, 1.54) is 17.5 Å². The molecule has 0 amide bonds. The molecule has 0 unspecified atom stereocenters. The number of aromatic amines is 1. The Morgan fingerprint density at radius 2 is 2.30 bits per heavy atom. The standard InChI is InChI=1S/C11H15N5O2S2/c1-7-6-19-11(14-7)16-20(17,18)10-8(5-13-15-10)4-12-9-2-3-9/h5-6,9,12H,2-4H2,1H3,(H,13,15)(H,14,16). The summed E-state index contributed by atoms with van der Waals surface area (Å²) < 4.78 is 27.1. The molecule has 0 aromatic carbocycles. The fourth-order valence-corrected chi connectivity index (χ4v) is 3.84. The zero-order chi connectivity index (χ0) is 14.2. The molecule has 0 spiro atoms. The third-order valence-electron chi connectivity index (χ3n) is 2.95. The summed E-state index contributed by atoms with van der Waals surface area (Å²) in [6, 6.07) is 0.509. The Hall–Kier alpha value is -1.45. The second-order valence-corrected chi connectivity index (χ2v) is 7.26. The van der Waals surface area contributed by atoms with Gasteiger partial charge in [0.1, 0.15) is 0 Å². The van der Waals surface area contributed by atoms with Gasteiger partial charge < -0.3 is 5.32 Å². The van der Waals surface area contributed by atoms with Crippen LogP contribution in [0.3, 0.4) is 0 Å². The maximum atomic E-state index is 12.3. The van der Waals surface area contributed by atoms with Crippen molar-refractivity contribution in [3.05, 3.63) is 22.8 Å². The second-order valence-electron chi connectivity index (χ2n) is 4.78. The van der Waals surface area contributed by atoms with Crippen LogP contribution in [-0.4, -0.2) is 29.6 Å². The third-order valence-corrected chi connectivity index (χ3v) is 5.30. The van der Waals surface area contributed by atoms with E-state index in [1.807, 2.05) is 6.92 Å². The molecule has 3 N–H and O–H groups in total. The van der Waals surface area contributed by atoms with Gasteiger partial charge in [0.25, 0.3) is 10.0 Å². The van der Waals surface area contributed by atoms with E-state index in [9.17, 15) is 8.42 Å². The lowest BCUT2D eigenvalue weighted by molar-refractivity contribution is 0.593. The summed E-state index contributed by atoms with van der Waals surface area (Å²) in [4.78, 5) is 4.10. The topological polar surface area (TPSA) is 99.8 Å². The van der Waals surface area contributed by atoms with E-state index in [0.717, 1.165) is 18.5 Å². The van der Waals surface area contributed by atoms with E-state index < -0.39 is 10.0 Å². The van der Waals surface area contributed by atoms with Crippen LogP contribution >= 0.6 is 11.3 Å². The molecule has 3 rings (SSSR count). The predicted molar refractivity (Wildman–Crippen MR) is 76.1 cm³/mol. The van der Waals surface area contributed by atoms with Gasteiger partial charge in [0, 0.05) is 23.5 Å². The average Bonchev–Trinajstić information content (AvgIpc) is 2.93. The number of aromatic nitrogens is 3. The van der Waals surface area contributed by atoms with Crippen LogP contribution in [0.2, 0.25) is 0 Å². The van der Waals surface area contributed by atoms with Gasteiger partial charge in [-0.25, -0.2) is 4.98 Å². The monoisotopic (exact) mass is 313 g/mol. The fraction of sp³-hybridized carbons (Fsp3) is 0.455. The van der Waals surface area contributed by atoms with Crippen LogP contribution in [0.4, 0.5) is 5.13 Å². The first kappa shape index (κ1) is 13.5. The van der Waals surface area contributed by atoms with Crippen LogP contribution in [-0.2, 0) is 16.6 Å². The number of aryl methyl sites for hydroxylation is 1. The lowest BCUT2D eigenvalue weighted by atomic mass is 10.3. The number of nitrogens with zero attached hydrogens (tertiary/aromatic N) is 2. The van der Waals surface area contributed by atoms with Crippen molar-refractivity contribution in [1.29, 1.82) is 0 Å². The maximum absolute atomic E-state index is 12.3. The smallest absolute Gasteiger partial charge is 0.280 e. The minimum Gasteiger partial charge on any atom is -0.310 e. The van der Waals surface area contributed by atoms with Gasteiger partial charge in [-0.1, -0.05) is 0 Å². The van der Waals surface area contributed by atoms with Gasteiger partial charge >= 0.3 is 0 Å². The number of hydrogen-bond acceptors (Lipinski definition) is 6. The zero-order valence-electron chi connectivity index (χ0n) is 10.9. The Bertz CT molecular complexity index is 702. The molecule has 0 atom stereocenters. The highest BCUT2D eigenvalue weighted by molar-refractivity contribution is 7.92. The Labute approximate surface area is 120 Å². The number of rotatable bonds is 6. The van der Waals surface area contributed by atoms with Crippen LogP contribution in [0, 0.1) is 6.92 Å². The fourth-order valence-electron chi connectivity index (χ4n) is 1.77. The van der Waals surface area contributed by atoms with Crippen molar-refractivity contribution in [2.75, 3.05) is 4.72 Å². The molecule has 108 valence electrons. The lowest BCUT2D eigenvalue weighted by Crippen LogP contribution is -2.19. The number of thiazole rings is 1. The first-order valence-corrected chi connectivity index (χ1v) is 8.61. The average molecular weight is 313 g/mol. The molecule has 2 aromatic rings. The molecule has 7 nitrogen and oxygen atoms in total. The Morgan fingerprint density at radius 1 is 1.50 bits per heavy atom. The number of H-pyrrole nitrogens is 1. The summed E-state index contributed by atoms with van der Waals surface area (Å²) in [5.74, 6) is 0. The second kappa shape index (κ2) is 5.15. The quantitative estimate of drug-likeness (QED) is 0.745. The van der Waals surface area contributed by atoms with Crippen LogP contribution in [0.25, 0.3) is 0 Å². The number of sulfonamides is 1. The number of anilines is 1. The van der Waals surface area contributed by atoms with Crippen molar-refractivity contribution in [1.82, 2.24) is 20.5 Å². The summed E-state index contributed by atoms with van der Waals surface area (Å²) in [6.07, 6.45) is 3.84. The number of hydrogen-bond donors (Lipinski definition) is 3. The van der Waals surface area contributed by atoms with Gasteiger partial charge in [0.15, 0.2) is 10.2 Å². The Morgan fingerprint density at radius 3 is 2.95 bits per heavy atom. The van der Waals surface area contributed by atoms with Gasteiger partial charge in [-0.15, -0.1) is 11.3 Å². The van der Waals surface area contributed by atoms with E-state index in [-0.39, 0.29) is 5.03 Å². The van der Waals surface area contributed by atoms with Crippen molar-refractivity contribution in [2.24, 2.45) is 0 Å². The third kappa shape index (κ3) is 3.00. The summed E-state index contributed by atoms with van der Waals surface area (Å²) in [5.41, 5.74) is 1.42. The van der Waals surface area contributed by atoms with Crippen molar-refractivity contribution >= 4 is 26.5 Å². The molecule has 1 aliphatic carbocycles. The summed E-state index contributed by atoms with van der Waals surface area (Å²) in [6.45, 7) is 2.31. The highest BCUT2D eigenvalue weighted by atomic mass is 32.2. The Balaban J connectivity index is 1.77. The first-order valence-electron chi connectivity index (χ1n) is 6.25. The van der Waals surface area contributed by atoms with E-state index >= 15 is 0 Å². The SMILES string of the molecule is Cc1csc(NS(=O)(=O)c2[nH]ncc2CNC2CC2)n1. The van der Waals surface area contributed by atoms with Crippen LogP contribution in [0.15, 0.2) is 16.6 Å². The van der Waals surface area contributed by atoms with Crippen LogP contribution < -0.4 is 10.0 Å². The van der Waals surface area contributed by atoms with Gasteiger partial charge in [-0.2, -0.15) is 13.5 Å². The van der Waals surface area contributed by atoms with Crippen molar-refractivity contribution in [2.45, 2.75) is 37.4 Å². The molecule has 0 radical (unpaired) electrons. The predicted octanol–water partition coefficient (Wildman–Crippen LogP) is 1.23. The molecule has 1 saturated carbocycles. The molecule has 2 aromatic heterocycles. The minimum absolute atomic E-state index is 0.0958. The van der Waals surface area contributed by atoms with Gasteiger partial charge in [-0.3, -0.25) is 9.82 Å². The number of nitrogens with one attached hydrogen (secondary N) is 3. The Kier molecular flexibility index (Phi) is 3.48. The van der Waals surface area contributed by atoms with Gasteiger partial charge in [-0.05, 0) is 19.8 Å². The molecule has 0 aliphatic heterocycles. The summed E-state index contributed by atoms with van der Waals surface area (Å²) in [7, 11) is -3.67. The molecule has 9 heteroatoms. The highest BCUT2D eigenvalue weighted by Crippen LogP contribution is 2.22. The van der Waals surface area contributed by atoms with E-state index in [2.05, 4.69) is 25.2 Å². The molecule has 1 aliphatic rings. The van der Waals surface area contributed by atoms with Crippen molar-refractivity contribution in [3.63, 3.8) is 0 Å². The summed E-state index contributed by atoms with van der Waals surface area (Å²) in [5, 5.41) is 11.9. The van der Waals surface area contributed by atoms with E-state index in [0.29, 0.717) is 23.3 Å². The molecule has 1 fully saturated rings. The molecule has 0 bridgehead atoms. The molecule has 0 saturated heterocycles. The van der Waals surface area contributed by atoms with Crippen LogP contribution in [0.5, 0.6) is 0 Å². The highest BCUT2D eigenvalue weighted by Gasteiger charge is 2.25.